The SMILES string of the molecule is CCCCC(F)[C@H](CCCCNCC(=NC)NC(=N)N1CCCCC1)C(F)(F)F. The quantitative estimate of drug-likeness (QED) is 0.199. The van der Waals surface area contributed by atoms with E-state index in [0.717, 1.165) is 25.9 Å². The van der Waals surface area contributed by atoms with Gasteiger partial charge in [0.25, 0.3) is 0 Å². The molecule has 29 heavy (non-hydrogen) atoms. The Morgan fingerprint density at radius 2 is 1.79 bits per heavy atom. The Morgan fingerprint density at radius 3 is 2.38 bits per heavy atom. The van der Waals surface area contributed by atoms with Crippen molar-refractivity contribution in [2.75, 3.05) is 33.2 Å². The summed E-state index contributed by atoms with van der Waals surface area (Å²) in [5, 5.41) is 14.3. The second-order valence-electron chi connectivity index (χ2n) is 7.67. The Bertz CT molecular complexity index is 490. The molecule has 0 aromatic heterocycles. The van der Waals surface area contributed by atoms with Crippen LogP contribution in [0.2, 0.25) is 0 Å². The van der Waals surface area contributed by atoms with Crippen LogP contribution in [-0.4, -0.2) is 62.3 Å². The Hall–Kier alpha value is -1.38. The molecule has 2 atom stereocenters. The number of unbranched alkanes of at least 4 members (excludes halogenated alkanes) is 2. The predicted octanol–water partition coefficient (Wildman–Crippen LogP) is 4.49. The number of hydrogen-bond donors (Lipinski definition) is 3. The summed E-state index contributed by atoms with van der Waals surface area (Å²) in [6, 6.07) is 0. The lowest BCUT2D eigenvalue weighted by atomic mass is 9.93. The van der Waals surface area contributed by atoms with Gasteiger partial charge in [-0.3, -0.25) is 10.4 Å². The summed E-state index contributed by atoms with van der Waals surface area (Å²) >= 11 is 0. The van der Waals surface area contributed by atoms with Gasteiger partial charge in [0.05, 0.1) is 12.5 Å². The van der Waals surface area contributed by atoms with Crippen LogP contribution < -0.4 is 10.6 Å². The highest BCUT2D eigenvalue weighted by Gasteiger charge is 2.44. The molecule has 3 N–H and O–H groups in total. The summed E-state index contributed by atoms with van der Waals surface area (Å²) in [7, 11) is 1.64. The number of likely N-dealkylation sites (tertiary alicyclic amines) is 1. The van der Waals surface area contributed by atoms with Crippen molar-refractivity contribution in [1.82, 2.24) is 15.5 Å². The Morgan fingerprint density at radius 1 is 1.10 bits per heavy atom. The first kappa shape index (κ1) is 25.7. The Balaban J connectivity index is 2.27. The van der Waals surface area contributed by atoms with E-state index in [4.69, 9.17) is 5.41 Å². The van der Waals surface area contributed by atoms with Crippen molar-refractivity contribution in [1.29, 1.82) is 5.41 Å². The molecule has 1 fully saturated rings. The van der Waals surface area contributed by atoms with Gasteiger partial charge in [0, 0.05) is 20.1 Å². The third-order valence-corrected chi connectivity index (χ3v) is 5.31. The van der Waals surface area contributed by atoms with Gasteiger partial charge in [-0.1, -0.05) is 26.2 Å². The second-order valence-corrected chi connectivity index (χ2v) is 7.67. The number of piperidine rings is 1. The van der Waals surface area contributed by atoms with Crippen molar-refractivity contribution < 1.29 is 17.6 Å². The van der Waals surface area contributed by atoms with Crippen LogP contribution in [0.15, 0.2) is 4.99 Å². The number of alkyl halides is 4. The van der Waals surface area contributed by atoms with Gasteiger partial charge in [0.1, 0.15) is 12.0 Å². The van der Waals surface area contributed by atoms with E-state index in [0.29, 0.717) is 50.6 Å². The molecule has 0 aromatic carbocycles. The largest absolute Gasteiger partial charge is 0.394 e. The molecule has 5 nitrogen and oxygen atoms in total. The maximum absolute atomic E-state index is 14.0. The molecule has 170 valence electrons. The third-order valence-electron chi connectivity index (χ3n) is 5.31. The number of hydrogen-bond acceptors (Lipinski definition) is 3. The van der Waals surface area contributed by atoms with Crippen LogP contribution in [0.5, 0.6) is 0 Å². The molecule has 0 aliphatic carbocycles. The summed E-state index contributed by atoms with van der Waals surface area (Å²) in [6.45, 7) is 4.51. The molecule has 1 saturated heterocycles. The van der Waals surface area contributed by atoms with Crippen LogP contribution in [0, 0.1) is 11.3 Å². The lowest BCUT2D eigenvalue weighted by Gasteiger charge is -2.29. The molecule has 1 aliphatic rings. The summed E-state index contributed by atoms with van der Waals surface area (Å²) in [4.78, 5) is 6.11. The fourth-order valence-electron chi connectivity index (χ4n) is 3.48. The maximum atomic E-state index is 14.0. The van der Waals surface area contributed by atoms with Crippen LogP contribution in [0.3, 0.4) is 0 Å². The summed E-state index contributed by atoms with van der Waals surface area (Å²) in [5.74, 6) is -0.910. The number of rotatable bonds is 11. The van der Waals surface area contributed by atoms with E-state index in [9.17, 15) is 17.6 Å². The molecule has 0 radical (unpaired) electrons. The summed E-state index contributed by atoms with van der Waals surface area (Å²) in [6.07, 6.45) is -1.12. The van der Waals surface area contributed by atoms with Crippen molar-refractivity contribution in [3.05, 3.63) is 0 Å². The van der Waals surface area contributed by atoms with E-state index >= 15 is 0 Å². The second kappa shape index (κ2) is 13.8. The highest BCUT2D eigenvalue weighted by Crippen LogP contribution is 2.36. The monoisotopic (exact) mass is 423 g/mol. The fraction of sp³-hybridized carbons (Fsp3) is 0.900. The lowest BCUT2D eigenvalue weighted by molar-refractivity contribution is -0.193. The smallest absolute Gasteiger partial charge is 0.343 e. The van der Waals surface area contributed by atoms with Crippen LogP contribution in [0.25, 0.3) is 0 Å². The third kappa shape index (κ3) is 10.3. The molecule has 1 rings (SSSR count). The molecular formula is C20H37F4N5. The van der Waals surface area contributed by atoms with Gasteiger partial charge < -0.3 is 15.5 Å². The van der Waals surface area contributed by atoms with Gasteiger partial charge >= 0.3 is 6.18 Å². The van der Waals surface area contributed by atoms with E-state index in [1.165, 1.54) is 6.42 Å². The molecule has 1 aliphatic heterocycles. The van der Waals surface area contributed by atoms with Gasteiger partial charge in [0.2, 0.25) is 0 Å². The van der Waals surface area contributed by atoms with Gasteiger partial charge in [-0.25, -0.2) is 4.39 Å². The average molecular weight is 424 g/mol. The minimum Gasteiger partial charge on any atom is -0.343 e. The molecule has 0 spiro atoms. The maximum Gasteiger partial charge on any atom is 0.394 e. The topological polar surface area (TPSA) is 63.5 Å². The van der Waals surface area contributed by atoms with Crippen LogP contribution >= 0.6 is 0 Å². The van der Waals surface area contributed by atoms with E-state index in [2.05, 4.69) is 15.6 Å². The number of guanidine groups is 1. The number of aliphatic imine (C=N–C) groups is 1. The minimum atomic E-state index is -4.48. The number of amidine groups is 1. The number of halogens is 4. The summed E-state index contributed by atoms with van der Waals surface area (Å²) in [5.41, 5.74) is 0. The average Bonchev–Trinajstić information content (AvgIpc) is 2.69. The molecule has 0 saturated carbocycles. The molecule has 0 amide bonds. The van der Waals surface area contributed by atoms with Crippen molar-refractivity contribution in [2.24, 2.45) is 10.9 Å². The normalized spacial score (nSPS) is 17.9. The van der Waals surface area contributed by atoms with E-state index in [-0.39, 0.29) is 12.8 Å². The first-order valence-corrected chi connectivity index (χ1v) is 10.8. The highest BCUT2D eigenvalue weighted by atomic mass is 19.4. The van der Waals surface area contributed by atoms with Gasteiger partial charge in [0.15, 0.2) is 5.96 Å². The van der Waals surface area contributed by atoms with E-state index in [1.54, 1.807) is 7.05 Å². The zero-order valence-electron chi connectivity index (χ0n) is 17.8. The van der Waals surface area contributed by atoms with Gasteiger partial charge in [-0.15, -0.1) is 0 Å². The molecular weight excluding hydrogens is 386 g/mol. The molecule has 1 unspecified atom stereocenters. The predicted molar refractivity (Wildman–Crippen MR) is 110 cm³/mol. The molecule has 9 heteroatoms. The standard InChI is InChI=1S/C20H37F4N5/c1-3-4-11-17(21)16(20(22,23)24)10-6-7-12-27-15-18(26-2)28-19(25)29-13-8-5-9-14-29/h16-17,27H,3-15H2,1-2H3,(H2,25,26,28)/t16-,17?/m0/s1. The first-order chi connectivity index (χ1) is 13.8. The molecule has 0 bridgehead atoms. The lowest BCUT2D eigenvalue weighted by Crippen LogP contribution is -2.48. The first-order valence-electron chi connectivity index (χ1n) is 10.8. The molecule has 0 aromatic rings. The van der Waals surface area contributed by atoms with Crippen LogP contribution in [0.1, 0.15) is 64.7 Å². The van der Waals surface area contributed by atoms with Crippen molar-refractivity contribution in [3.63, 3.8) is 0 Å². The van der Waals surface area contributed by atoms with Crippen molar-refractivity contribution in [3.8, 4) is 0 Å². The van der Waals surface area contributed by atoms with E-state index < -0.39 is 18.3 Å². The zero-order valence-corrected chi connectivity index (χ0v) is 17.8. The van der Waals surface area contributed by atoms with Gasteiger partial charge in [-0.2, -0.15) is 13.2 Å². The van der Waals surface area contributed by atoms with Gasteiger partial charge in [-0.05, 0) is 45.1 Å². The van der Waals surface area contributed by atoms with Crippen molar-refractivity contribution in [2.45, 2.75) is 77.1 Å². The minimum absolute atomic E-state index is 0.0239. The number of nitrogens with one attached hydrogen (secondary N) is 3. The molecule has 1 heterocycles. The van der Waals surface area contributed by atoms with Crippen molar-refractivity contribution >= 4 is 11.8 Å². The van der Waals surface area contributed by atoms with E-state index in [1.807, 2.05) is 11.8 Å². The zero-order chi connectivity index (χ0) is 21.7. The Labute approximate surface area is 172 Å². The van der Waals surface area contributed by atoms with Crippen LogP contribution in [0.4, 0.5) is 17.6 Å². The fourth-order valence-corrected chi connectivity index (χ4v) is 3.48. The summed E-state index contributed by atoms with van der Waals surface area (Å²) < 4.78 is 53.3. The Kier molecular flexibility index (Phi) is 12.2. The number of nitrogens with zero attached hydrogens (tertiary/aromatic N) is 2. The van der Waals surface area contributed by atoms with Crippen LogP contribution in [-0.2, 0) is 0 Å². The highest BCUT2D eigenvalue weighted by molar-refractivity contribution is 5.99.